The van der Waals surface area contributed by atoms with Crippen LogP contribution in [-0.2, 0) is 0 Å². The largest absolute Gasteiger partial charge is 0.313 e. The Balaban J connectivity index is 4.13. The van der Waals surface area contributed by atoms with E-state index < -0.39 is 0 Å². The van der Waals surface area contributed by atoms with Gasteiger partial charge < -0.3 is 5.32 Å². The lowest BCUT2D eigenvalue weighted by molar-refractivity contribution is 0.103. The SMILES string of the molecule is CC(C)NCC(C)N(C)C(C)C(C)(C)C. The maximum atomic E-state index is 3.49. The summed E-state index contributed by atoms with van der Waals surface area (Å²) in [6.07, 6.45) is 0. The molecule has 0 saturated heterocycles. The summed E-state index contributed by atoms with van der Waals surface area (Å²) in [6, 6.07) is 1.76. The third kappa shape index (κ3) is 5.53. The van der Waals surface area contributed by atoms with E-state index in [9.17, 15) is 0 Å². The second kappa shape index (κ2) is 5.86. The molecule has 0 aliphatic carbocycles. The quantitative estimate of drug-likeness (QED) is 0.757. The summed E-state index contributed by atoms with van der Waals surface area (Å²) in [5, 5.41) is 3.49. The number of nitrogens with zero attached hydrogens (tertiary/aromatic N) is 1. The first-order valence-corrected chi connectivity index (χ1v) is 6.11. The van der Waals surface area contributed by atoms with Gasteiger partial charge in [-0.25, -0.2) is 0 Å². The van der Waals surface area contributed by atoms with Gasteiger partial charge in [0.15, 0.2) is 0 Å². The maximum Gasteiger partial charge on any atom is 0.0192 e. The third-order valence-electron chi connectivity index (χ3n) is 3.38. The average Bonchev–Trinajstić information content (AvgIpc) is 2.10. The normalized spacial score (nSPS) is 17.2. The van der Waals surface area contributed by atoms with E-state index in [-0.39, 0.29) is 0 Å². The molecule has 0 spiro atoms. The van der Waals surface area contributed by atoms with E-state index in [1.54, 1.807) is 0 Å². The van der Waals surface area contributed by atoms with E-state index in [1.165, 1.54) is 0 Å². The number of likely N-dealkylation sites (N-methyl/N-ethyl adjacent to an activating group) is 1. The predicted octanol–water partition coefficient (Wildman–Crippen LogP) is 2.74. The molecular formula is C13H30N2. The van der Waals surface area contributed by atoms with Crippen molar-refractivity contribution in [2.75, 3.05) is 13.6 Å². The zero-order valence-corrected chi connectivity index (χ0v) is 11.9. The molecule has 2 nitrogen and oxygen atoms in total. The van der Waals surface area contributed by atoms with Crippen molar-refractivity contribution in [2.24, 2.45) is 5.41 Å². The van der Waals surface area contributed by atoms with Crippen molar-refractivity contribution in [3.8, 4) is 0 Å². The minimum absolute atomic E-state index is 0.348. The van der Waals surface area contributed by atoms with E-state index >= 15 is 0 Å². The second-order valence-electron chi connectivity index (χ2n) is 6.12. The monoisotopic (exact) mass is 214 g/mol. The molecule has 0 aromatic heterocycles. The third-order valence-corrected chi connectivity index (χ3v) is 3.38. The Morgan fingerprint density at radius 1 is 1.07 bits per heavy atom. The van der Waals surface area contributed by atoms with Crippen LogP contribution in [0.5, 0.6) is 0 Å². The number of rotatable bonds is 5. The fourth-order valence-electron chi connectivity index (χ4n) is 1.54. The zero-order valence-electron chi connectivity index (χ0n) is 11.9. The highest BCUT2D eigenvalue weighted by Crippen LogP contribution is 2.24. The Hall–Kier alpha value is -0.0800. The molecule has 2 unspecified atom stereocenters. The minimum atomic E-state index is 0.348. The van der Waals surface area contributed by atoms with Gasteiger partial charge in [0.2, 0.25) is 0 Å². The summed E-state index contributed by atoms with van der Waals surface area (Å²) >= 11 is 0. The van der Waals surface area contributed by atoms with Crippen molar-refractivity contribution >= 4 is 0 Å². The van der Waals surface area contributed by atoms with Crippen molar-refractivity contribution in [3.05, 3.63) is 0 Å². The smallest absolute Gasteiger partial charge is 0.0192 e. The van der Waals surface area contributed by atoms with Crippen molar-refractivity contribution in [3.63, 3.8) is 0 Å². The van der Waals surface area contributed by atoms with Crippen LogP contribution >= 0.6 is 0 Å². The number of nitrogens with one attached hydrogen (secondary N) is 1. The van der Waals surface area contributed by atoms with Crippen molar-refractivity contribution in [1.82, 2.24) is 10.2 Å². The Labute approximate surface area is 96.4 Å². The fourth-order valence-corrected chi connectivity index (χ4v) is 1.54. The van der Waals surface area contributed by atoms with Crippen molar-refractivity contribution in [1.29, 1.82) is 0 Å². The molecule has 0 fully saturated rings. The first-order chi connectivity index (χ1) is 6.66. The van der Waals surface area contributed by atoms with Gasteiger partial charge >= 0.3 is 0 Å². The molecule has 0 aliphatic rings. The molecule has 0 aliphatic heterocycles. The molecule has 0 heterocycles. The van der Waals surface area contributed by atoms with Crippen LogP contribution in [-0.4, -0.2) is 36.6 Å². The summed E-state index contributed by atoms with van der Waals surface area (Å²) in [5.74, 6) is 0. The summed E-state index contributed by atoms with van der Waals surface area (Å²) < 4.78 is 0. The Morgan fingerprint density at radius 2 is 1.53 bits per heavy atom. The molecule has 0 bridgehead atoms. The van der Waals surface area contributed by atoms with Crippen molar-refractivity contribution < 1.29 is 0 Å². The highest BCUT2D eigenvalue weighted by atomic mass is 15.2. The standard InChI is InChI=1S/C13H30N2/c1-10(2)14-9-11(3)15(8)12(4)13(5,6)7/h10-12,14H,9H2,1-8H3. The summed E-state index contributed by atoms with van der Waals surface area (Å²) in [4.78, 5) is 2.47. The summed E-state index contributed by atoms with van der Waals surface area (Å²) in [6.45, 7) is 17.0. The molecule has 0 aromatic carbocycles. The molecule has 2 atom stereocenters. The van der Waals surface area contributed by atoms with E-state index in [0.717, 1.165) is 6.54 Å². The van der Waals surface area contributed by atoms with Gasteiger partial charge in [0.25, 0.3) is 0 Å². The van der Waals surface area contributed by atoms with Crippen LogP contribution in [0.2, 0.25) is 0 Å². The predicted molar refractivity (Wildman–Crippen MR) is 69.3 cm³/mol. The summed E-state index contributed by atoms with van der Waals surface area (Å²) in [7, 11) is 2.22. The first kappa shape index (κ1) is 14.9. The van der Waals surface area contributed by atoms with E-state index in [0.29, 0.717) is 23.5 Å². The van der Waals surface area contributed by atoms with Crippen LogP contribution < -0.4 is 5.32 Å². The molecule has 0 rings (SSSR count). The highest BCUT2D eigenvalue weighted by molar-refractivity contribution is 4.81. The van der Waals surface area contributed by atoms with E-state index in [2.05, 4.69) is 65.7 Å². The van der Waals surface area contributed by atoms with Gasteiger partial charge in [0, 0.05) is 24.7 Å². The average molecular weight is 214 g/mol. The minimum Gasteiger partial charge on any atom is -0.313 e. The van der Waals surface area contributed by atoms with Crippen LogP contribution in [0.3, 0.4) is 0 Å². The molecule has 0 aromatic rings. The topological polar surface area (TPSA) is 15.3 Å². The zero-order chi connectivity index (χ0) is 12.2. The lowest BCUT2D eigenvalue weighted by atomic mass is 9.86. The van der Waals surface area contributed by atoms with Crippen LogP contribution in [0.1, 0.15) is 48.5 Å². The lowest BCUT2D eigenvalue weighted by Gasteiger charge is -2.39. The first-order valence-electron chi connectivity index (χ1n) is 6.11. The molecule has 2 heteroatoms. The molecule has 0 saturated carbocycles. The molecular weight excluding hydrogens is 184 g/mol. The van der Waals surface area contributed by atoms with Crippen LogP contribution in [0.25, 0.3) is 0 Å². The van der Waals surface area contributed by atoms with Gasteiger partial charge in [0.1, 0.15) is 0 Å². The van der Waals surface area contributed by atoms with Gasteiger partial charge in [-0.3, -0.25) is 4.90 Å². The maximum absolute atomic E-state index is 3.49. The lowest BCUT2D eigenvalue weighted by Crippen LogP contribution is -2.48. The summed E-state index contributed by atoms with van der Waals surface area (Å²) in [5.41, 5.74) is 0.348. The Kier molecular flexibility index (Phi) is 5.82. The molecule has 0 radical (unpaired) electrons. The van der Waals surface area contributed by atoms with Gasteiger partial charge in [-0.15, -0.1) is 0 Å². The van der Waals surface area contributed by atoms with Gasteiger partial charge in [-0.1, -0.05) is 34.6 Å². The highest BCUT2D eigenvalue weighted by Gasteiger charge is 2.26. The molecule has 0 amide bonds. The van der Waals surface area contributed by atoms with Gasteiger partial charge in [-0.2, -0.15) is 0 Å². The molecule has 15 heavy (non-hydrogen) atoms. The second-order valence-corrected chi connectivity index (χ2v) is 6.12. The van der Waals surface area contributed by atoms with Crippen LogP contribution in [0.15, 0.2) is 0 Å². The van der Waals surface area contributed by atoms with Crippen molar-refractivity contribution in [2.45, 2.75) is 66.6 Å². The van der Waals surface area contributed by atoms with Gasteiger partial charge in [0.05, 0.1) is 0 Å². The Bertz CT molecular complexity index is 170. The number of hydrogen-bond acceptors (Lipinski definition) is 2. The number of hydrogen-bond donors (Lipinski definition) is 1. The molecule has 1 N–H and O–H groups in total. The fraction of sp³-hybridized carbons (Fsp3) is 1.00. The van der Waals surface area contributed by atoms with Crippen LogP contribution in [0, 0.1) is 5.41 Å². The van der Waals surface area contributed by atoms with E-state index in [1.807, 2.05) is 0 Å². The molecule has 92 valence electrons. The van der Waals surface area contributed by atoms with E-state index in [4.69, 9.17) is 0 Å². The van der Waals surface area contributed by atoms with Gasteiger partial charge in [-0.05, 0) is 26.3 Å². The Morgan fingerprint density at radius 3 is 1.87 bits per heavy atom. The van der Waals surface area contributed by atoms with Crippen LogP contribution in [0.4, 0.5) is 0 Å².